The number of benzene rings is 1. The van der Waals surface area contributed by atoms with Gasteiger partial charge in [-0.3, -0.25) is 0 Å². The first-order valence-electron chi connectivity index (χ1n) is 5.78. The molecule has 5 heteroatoms. The molecule has 1 aromatic carbocycles. The van der Waals surface area contributed by atoms with Gasteiger partial charge in [0.25, 0.3) is 0 Å². The quantitative estimate of drug-likeness (QED) is 0.819. The van der Waals surface area contributed by atoms with Gasteiger partial charge < -0.3 is 19.9 Å². The van der Waals surface area contributed by atoms with Crippen LogP contribution in [0.4, 0.5) is 0 Å². The Balaban J connectivity index is 1.75. The predicted molar refractivity (Wildman–Crippen MR) is 66.0 cm³/mol. The average molecular weight is 253 g/mol. The zero-order chi connectivity index (χ0) is 11.7. The zero-order valence-electron chi connectivity index (χ0n) is 9.39. The summed E-state index contributed by atoms with van der Waals surface area (Å²) < 4.78 is 11.0. The molecule has 0 radical (unpaired) electrons. The Kier molecular flexibility index (Phi) is 3.13. The van der Waals surface area contributed by atoms with E-state index in [1.54, 1.807) is 11.8 Å². The molecular weight excluding hydrogens is 238 g/mol. The van der Waals surface area contributed by atoms with Gasteiger partial charge in [0.05, 0.1) is 6.10 Å². The second-order valence-corrected chi connectivity index (χ2v) is 5.50. The van der Waals surface area contributed by atoms with Gasteiger partial charge in [-0.25, -0.2) is 0 Å². The molecule has 0 aliphatic carbocycles. The first-order chi connectivity index (χ1) is 8.33. The summed E-state index contributed by atoms with van der Waals surface area (Å²) in [4.78, 5) is 1.11. The van der Waals surface area contributed by atoms with Gasteiger partial charge in [-0.2, -0.15) is 0 Å². The van der Waals surface area contributed by atoms with Gasteiger partial charge in [0.15, 0.2) is 11.5 Å². The van der Waals surface area contributed by atoms with Gasteiger partial charge in [-0.1, -0.05) is 0 Å². The van der Waals surface area contributed by atoms with Gasteiger partial charge >= 0.3 is 0 Å². The van der Waals surface area contributed by atoms with Crippen LogP contribution in [-0.4, -0.2) is 42.8 Å². The van der Waals surface area contributed by atoms with Crippen molar-refractivity contribution in [1.82, 2.24) is 5.32 Å². The van der Waals surface area contributed by atoms with Crippen LogP contribution in [0.5, 0.6) is 11.5 Å². The number of aliphatic hydroxyl groups excluding tert-OH is 1. The number of fused-ring (bicyclic) bond motifs is 1. The van der Waals surface area contributed by atoms with Crippen molar-refractivity contribution in [3.63, 3.8) is 0 Å². The number of nitrogens with one attached hydrogen (secondary N) is 1. The van der Waals surface area contributed by atoms with Crippen molar-refractivity contribution < 1.29 is 14.6 Å². The minimum absolute atomic E-state index is 0.220. The fraction of sp³-hybridized carbons (Fsp3) is 0.500. The second-order valence-electron chi connectivity index (χ2n) is 4.19. The van der Waals surface area contributed by atoms with Gasteiger partial charge in [0.2, 0.25) is 0 Å². The highest BCUT2D eigenvalue weighted by atomic mass is 32.2. The van der Waals surface area contributed by atoms with Crippen molar-refractivity contribution in [2.45, 2.75) is 16.2 Å². The van der Waals surface area contributed by atoms with E-state index in [0.29, 0.717) is 19.8 Å². The summed E-state index contributed by atoms with van der Waals surface area (Å²) >= 11 is 1.68. The maximum atomic E-state index is 9.75. The molecule has 3 rings (SSSR count). The van der Waals surface area contributed by atoms with Gasteiger partial charge in [0, 0.05) is 23.2 Å². The van der Waals surface area contributed by atoms with Crippen molar-refractivity contribution in [3.05, 3.63) is 18.2 Å². The number of thioether (sulfide) groups is 1. The number of ether oxygens (including phenoxy) is 2. The van der Waals surface area contributed by atoms with Crippen molar-refractivity contribution in [1.29, 1.82) is 0 Å². The van der Waals surface area contributed by atoms with Crippen LogP contribution in [0.25, 0.3) is 0 Å². The Morgan fingerprint density at radius 1 is 1.18 bits per heavy atom. The van der Waals surface area contributed by atoms with E-state index in [1.807, 2.05) is 18.2 Å². The van der Waals surface area contributed by atoms with Crippen LogP contribution in [0.2, 0.25) is 0 Å². The second kappa shape index (κ2) is 4.76. The molecule has 2 unspecified atom stereocenters. The largest absolute Gasteiger partial charge is 0.486 e. The summed E-state index contributed by atoms with van der Waals surface area (Å²) in [6.07, 6.45) is -0.270. The average Bonchev–Trinajstić information content (AvgIpc) is 2.75. The van der Waals surface area contributed by atoms with E-state index in [2.05, 4.69) is 5.32 Å². The topological polar surface area (TPSA) is 50.7 Å². The number of aliphatic hydroxyl groups is 1. The van der Waals surface area contributed by atoms with Gasteiger partial charge in [0.1, 0.15) is 13.2 Å². The highest BCUT2D eigenvalue weighted by Gasteiger charge is 2.26. The summed E-state index contributed by atoms with van der Waals surface area (Å²) in [6, 6.07) is 5.94. The van der Waals surface area contributed by atoms with Crippen molar-refractivity contribution in [2.75, 3.05) is 26.3 Å². The van der Waals surface area contributed by atoms with Crippen molar-refractivity contribution in [2.24, 2.45) is 0 Å². The molecule has 2 N–H and O–H groups in total. The Labute approximate surface area is 104 Å². The summed E-state index contributed by atoms with van der Waals surface area (Å²) in [7, 11) is 0. The lowest BCUT2D eigenvalue weighted by Crippen LogP contribution is -2.20. The predicted octanol–water partition coefficient (Wildman–Crippen LogP) is 0.883. The molecule has 92 valence electrons. The molecule has 0 spiro atoms. The Hall–Kier alpha value is -0.910. The van der Waals surface area contributed by atoms with Crippen molar-refractivity contribution in [3.8, 4) is 11.5 Å². The number of rotatable bonds is 2. The lowest BCUT2D eigenvalue weighted by atomic mass is 10.3. The Bertz CT molecular complexity index is 413. The molecule has 2 aliphatic heterocycles. The molecule has 0 aromatic heterocycles. The zero-order valence-corrected chi connectivity index (χ0v) is 10.2. The third-order valence-electron chi connectivity index (χ3n) is 2.93. The van der Waals surface area contributed by atoms with Crippen LogP contribution in [0.1, 0.15) is 0 Å². The summed E-state index contributed by atoms with van der Waals surface area (Å²) in [6.45, 7) is 2.75. The van der Waals surface area contributed by atoms with Crippen LogP contribution >= 0.6 is 11.8 Å². The Morgan fingerprint density at radius 2 is 2.00 bits per heavy atom. The van der Waals surface area contributed by atoms with E-state index in [9.17, 15) is 5.11 Å². The molecule has 2 heterocycles. The molecule has 4 nitrogen and oxygen atoms in total. The molecule has 0 amide bonds. The SMILES string of the molecule is OC1CNCC1Sc1ccc2c(c1)OCCO2. The standard InChI is InChI=1S/C12H15NO3S/c14-9-6-13-7-12(9)17-8-1-2-10-11(5-8)16-4-3-15-10/h1-2,5,9,12-14H,3-4,6-7H2. The smallest absolute Gasteiger partial charge is 0.162 e. The first-order valence-corrected chi connectivity index (χ1v) is 6.66. The van der Waals surface area contributed by atoms with Crippen LogP contribution in [0, 0.1) is 0 Å². The molecular formula is C12H15NO3S. The van der Waals surface area contributed by atoms with Gasteiger partial charge in [-0.15, -0.1) is 11.8 Å². The molecule has 0 saturated carbocycles. The number of hydrogen-bond acceptors (Lipinski definition) is 5. The molecule has 1 fully saturated rings. The molecule has 2 atom stereocenters. The fourth-order valence-electron chi connectivity index (χ4n) is 2.03. The monoisotopic (exact) mass is 253 g/mol. The summed E-state index contributed by atoms with van der Waals surface area (Å²) in [5, 5.41) is 13.1. The van der Waals surface area contributed by atoms with E-state index in [0.717, 1.165) is 22.9 Å². The first kappa shape index (κ1) is 11.2. The third-order valence-corrected chi connectivity index (χ3v) is 4.24. The normalized spacial score (nSPS) is 27.1. The number of β-amino-alcohol motifs (C(OH)–C–C–N with tert-alkyl or cyclic N) is 1. The minimum Gasteiger partial charge on any atom is -0.486 e. The lowest BCUT2D eigenvalue weighted by molar-refractivity contribution is 0.171. The highest BCUT2D eigenvalue weighted by molar-refractivity contribution is 8.00. The van der Waals surface area contributed by atoms with E-state index in [4.69, 9.17) is 9.47 Å². The molecule has 1 aromatic rings. The maximum absolute atomic E-state index is 9.75. The molecule has 2 aliphatic rings. The van der Waals surface area contributed by atoms with E-state index in [-0.39, 0.29) is 11.4 Å². The van der Waals surface area contributed by atoms with Crippen molar-refractivity contribution >= 4 is 11.8 Å². The Morgan fingerprint density at radius 3 is 2.76 bits per heavy atom. The fourth-order valence-corrected chi connectivity index (χ4v) is 3.16. The molecule has 17 heavy (non-hydrogen) atoms. The minimum atomic E-state index is -0.270. The van der Waals surface area contributed by atoms with Gasteiger partial charge in [-0.05, 0) is 18.2 Å². The van der Waals surface area contributed by atoms with Crippen LogP contribution in [-0.2, 0) is 0 Å². The van der Waals surface area contributed by atoms with E-state index >= 15 is 0 Å². The highest BCUT2D eigenvalue weighted by Crippen LogP contribution is 2.36. The van der Waals surface area contributed by atoms with Crippen LogP contribution in [0.15, 0.2) is 23.1 Å². The maximum Gasteiger partial charge on any atom is 0.162 e. The number of hydrogen-bond donors (Lipinski definition) is 2. The molecule has 0 bridgehead atoms. The van der Waals surface area contributed by atoms with Crippen LogP contribution < -0.4 is 14.8 Å². The van der Waals surface area contributed by atoms with E-state index < -0.39 is 0 Å². The molecule has 1 saturated heterocycles. The summed E-state index contributed by atoms with van der Waals surface area (Å²) in [5.41, 5.74) is 0. The van der Waals surface area contributed by atoms with E-state index in [1.165, 1.54) is 0 Å². The summed E-state index contributed by atoms with van der Waals surface area (Å²) in [5.74, 6) is 1.62. The lowest BCUT2D eigenvalue weighted by Gasteiger charge is -2.19. The van der Waals surface area contributed by atoms with Crippen LogP contribution in [0.3, 0.4) is 0 Å². The third kappa shape index (κ3) is 2.36.